The largest absolute Gasteiger partial charge is 0.423 e. The number of halogens is 3. The van der Waals surface area contributed by atoms with Gasteiger partial charge in [0.1, 0.15) is 0 Å². The van der Waals surface area contributed by atoms with E-state index in [4.69, 9.17) is 28.4 Å². The summed E-state index contributed by atoms with van der Waals surface area (Å²) in [6.07, 6.45) is 9.40. The van der Waals surface area contributed by atoms with Crippen molar-refractivity contribution < 1.29 is 73.6 Å². The second kappa shape index (κ2) is 30.0. The van der Waals surface area contributed by atoms with Crippen LogP contribution in [0.15, 0.2) is 36.4 Å². The third kappa shape index (κ3) is 18.1. The highest BCUT2D eigenvalue weighted by molar-refractivity contribution is 5.86. The molecule has 0 radical (unpaired) electrons. The Bertz CT molecular complexity index is 2140. The van der Waals surface area contributed by atoms with E-state index in [2.05, 4.69) is 16.0 Å². The smallest absolute Gasteiger partial charge is 0.308 e. The van der Waals surface area contributed by atoms with Gasteiger partial charge in [-0.15, -0.1) is 37.2 Å². The highest BCUT2D eigenvalue weighted by Gasteiger charge is 2.29. The van der Waals surface area contributed by atoms with Gasteiger partial charge in [0.25, 0.3) is 0 Å². The molecule has 3 aliphatic rings. The highest BCUT2D eigenvalue weighted by atomic mass is 35.5. The molecule has 9 N–H and O–H groups in total. The van der Waals surface area contributed by atoms with Gasteiger partial charge in [0.05, 0.1) is 0 Å². The summed E-state index contributed by atoms with van der Waals surface area (Å²) in [6.45, 7) is 10.2. The Morgan fingerprint density at radius 3 is 0.957 bits per heavy atom. The van der Waals surface area contributed by atoms with Crippen molar-refractivity contribution in [3.05, 3.63) is 69.8 Å². The number of hydrogen-bond acceptors (Lipinski definition) is 15. The molecule has 0 fully saturated rings. The summed E-state index contributed by atoms with van der Waals surface area (Å²) in [6, 6.07) is 10.9. The zero-order valence-electron chi connectivity index (χ0n) is 39.8. The van der Waals surface area contributed by atoms with Crippen molar-refractivity contribution in [1.29, 1.82) is 0 Å². The van der Waals surface area contributed by atoms with Crippen LogP contribution in [0.4, 0.5) is 0 Å². The van der Waals surface area contributed by atoms with Crippen LogP contribution >= 0.6 is 37.2 Å². The zero-order valence-corrected chi connectivity index (χ0v) is 42.2. The molecule has 0 aromatic heterocycles. The van der Waals surface area contributed by atoms with E-state index in [1.807, 2.05) is 36.4 Å². The summed E-state index contributed by atoms with van der Waals surface area (Å²) < 4.78 is 32.8. The van der Waals surface area contributed by atoms with E-state index in [-0.39, 0.29) is 106 Å². The van der Waals surface area contributed by atoms with Crippen LogP contribution in [0, 0.1) is 5.92 Å². The van der Waals surface area contributed by atoms with E-state index < -0.39 is 35.8 Å². The fraction of sp³-hybridized carbons (Fsp3) is 0.500. The average Bonchev–Trinajstić information content (AvgIpc) is 3.20. The number of rotatable bonds is 17. The Labute approximate surface area is 421 Å². The number of ether oxygens (including phenoxy) is 6. The minimum atomic E-state index is -0.507. The maximum Gasteiger partial charge on any atom is 0.308 e. The average molecular weight is 1030 g/mol. The van der Waals surface area contributed by atoms with E-state index in [0.717, 1.165) is 124 Å². The van der Waals surface area contributed by atoms with Gasteiger partial charge >= 0.3 is 35.8 Å². The first-order valence-electron chi connectivity index (χ1n) is 21.9. The lowest BCUT2D eigenvalue weighted by atomic mass is 9.83. The lowest BCUT2D eigenvalue weighted by molar-refractivity contribution is -0.134. The standard InChI is InChI=1S/C48H59N3O12.3ClH.3H2O/c1-27(52)58-43-21-34-15-18-49-40(37(34)24-46(43)61-30(4)55)10-8-7-9-33(11-13-41-38-25-47(62-31(5)56)44(59-28(2)53)22-35(38)16-19-50-41)12-14-42-39-26-48(63-32(6)57)45(60-29(3)54)23-36(39)17-20-51-42;;;;;;/h21-26,33,40-42,49-51H,7-20H2,1-6H3;3*1H;3*1H2. The first-order chi connectivity index (χ1) is 30.1. The van der Waals surface area contributed by atoms with Gasteiger partial charge in [0.15, 0.2) is 34.5 Å². The Kier molecular flexibility index (Phi) is 27.9. The quantitative estimate of drug-likeness (QED) is 0.0827. The van der Waals surface area contributed by atoms with E-state index in [0.29, 0.717) is 5.92 Å². The Morgan fingerprint density at radius 2 is 0.681 bits per heavy atom. The molecule has 3 aromatic carbocycles. The van der Waals surface area contributed by atoms with Crippen LogP contribution in [-0.4, -0.2) is 71.9 Å². The van der Waals surface area contributed by atoms with Gasteiger partial charge in [-0.25, -0.2) is 0 Å². The minimum Gasteiger partial charge on any atom is -0.423 e. The molecule has 3 heterocycles. The van der Waals surface area contributed by atoms with Gasteiger partial charge in [0, 0.05) is 59.7 Å². The Balaban J connectivity index is 0.00000771. The molecule has 0 amide bonds. The summed E-state index contributed by atoms with van der Waals surface area (Å²) >= 11 is 0. The third-order valence-electron chi connectivity index (χ3n) is 11.7. The van der Waals surface area contributed by atoms with Crippen molar-refractivity contribution in [1.82, 2.24) is 16.0 Å². The van der Waals surface area contributed by atoms with E-state index in [1.165, 1.54) is 41.5 Å². The van der Waals surface area contributed by atoms with Crippen LogP contribution in [0.25, 0.3) is 0 Å². The topological polar surface area (TPSA) is 288 Å². The van der Waals surface area contributed by atoms with E-state index in [9.17, 15) is 28.8 Å². The molecule has 69 heavy (non-hydrogen) atoms. The van der Waals surface area contributed by atoms with Crippen LogP contribution in [0.3, 0.4) is 0 Å². The molecule has 0 saturated carbocycles. The second-order valence-corrected chi connectivity index (χ2v) is 16.6. The monoisotopic (exact) mass is 1030 g/mol. The van der Waals surface area contributed by atoms with Crippen molar-refractivity contribution in [3.63, 3.8) is 0 Å². The maximum absolute atomic E-state index is 12.0. The van der Waals surface area contributed by atoms with Crippen molar-refractivity contribution in [3.8, 4) is 34.5 Å². The van der Waals surface area contributed by atoms with Crippen LogP contribution < -0.4 is 44.4 Å². The van der Waals surface area contributed by atoms with Crippen LogP contribution in [0.5, 0.6) is 34.5 Å². The zero-order chi connectivity index (χ0) is 45.2. The number of hydrogen-bond donors (Lipinski definition) is 3. The number of carbonyl (C=O) groups excluding carboxylic acids is 6. The molecule has 18 nitrogen and oxygen atoms in total. The fourth-order valence-corrected chi connectivity index (χ4v) is 9.15. The summed E-state index contributed by atoms with van der Waals surface area (Å²) in [4.78, 5) is 71.7. The molecule has 3 aromatic rings. The Morgan fingerprint density at radius 1 is 0.420 bits per heavy atom. The van der Waals surface area contributed by atoms with Gasteiger partial charge in [-0.3, -0.25) is 28.8 Å². The van der Waals surface area contributed by atoms with Gasteiger partial charge in [-0.2, -0.15) is 0 Å². The van der Waals surface area contributed by atoms with Crippen LogP contribution in [0.2, 0.25) is 0 Å². The molecule has 0 spiro atoms. The first kappa shape index (κ1) is 64.1. The lowest BCUT2D eigenvalue weighted by Gasteiger charge is -2.31. The molecule has 3 atom stereocenters. The number of fused-ring (bicyclic) bond motifs is 3. The molecule has 6 rings (SSSR count). The molecule has 3 aliphatic heterocycles. The number of nitrogens with one attached hydrogen (secondary N) is 3. The number of unbranched alkanes of at least 4 members (excludes halogenated alkanes) is 1. The summed E-state index contributed by atoms with van der Waals surface area (Å²) in [7, 11) is 0. The number of carbonyl (C=O) groups is 6. The summed E-state index contributed by atoms with van der Waals surface area (Å²) in [5, 5.41) is 11.0. The van der Waals surface area contributed by atoms with E-state index in [1.54, 1.807) is 0 Å². The van der Waals surface area contributed by atoms with Gasteiger partial charge in [0.2, 0.25) is 0 Å². The first-order valence-corrected chi connectivity index (χ1v) is 21.9. The molecule has 0 aliphatic carbocycles. The molecule has 0 saturated heterocycles. The van der Waals surface area contributed by atoms with E-state index >= 15 is 0 Å². The highest BCUT2D eigenvalue weighted by Crippen LogP contribution is 2.42. The maximum atomic E-state index is 12.0. The Hall–Kier alpha value is -4.89. The van der Waals surface area contributed by atoms with Crippen molar-refractivity contribution in [2.24, 2.45) is 5.92 Å². The third-order valence-corrected chi connectivity index (χ3v) is 11.7. The van der Waals surface area contributed by atoms with Crippen LogP contribution in [0.1, 0.15) is 144 Å². The van der Waals surface area contributed by atoms with Crippen molar-refractivity contribution in [2.75, 3.05) is 19.6 Å². The van der Waals surface area contributed by atoms with Crippen molar-refractivity contribution in [2.45, 2.75) is 130 Å². The minimum absolute atomic E-state index is 0. The normalized spacial score (nSPS) is 16.5. The molecule has 0 bridgehead atoms. The van der Waals surface area contributed by atoms with Crippen molar-refractivity contribution >= 4 is 73.0 Å². The summed E-state index contributed by atoms with van der Waals surface area (Å²) in [5.74, 6) is -1.30. The molecule has 21 heteroatoms. The SMILES string of the molecule is CC(=O)Oc1cc2c(cc1OC(C)=O)C(CCCCC(CCC1NCCc3cc(OC(C)=O)c(OC(C)=O)cc31)CCC1NCCc3cc(OC(C)=O)c(OC(C)=O)cc31)NCC2.Cl.Cl.Cl.O.O.O. The second-order valence-electron chi connectivity index (χ2n) is 16.6. The molecule has 386 valence electrons. The lowest BCUT2D eigenvalue weighted by Crippen LogP contribution is -2.31. The molecule has 3 unspecified atom stereocenters. The summed E-state index contributed by atoms with van der Waals surface area (Å²) in [5.41, 5.74) is 6.20. The van der Waals surface area contributed by atoms with Crippen LogP contribution in [-0.2, 0) is 48.0 Å². The number of benzene rings is 3. The molecular weight excluding hydrogens is 965 g/mol. The predicted molar refractivity (Wildman–Crippen MR) is 264 cm³/mol. The van der Waals surface area contributed by atoms with Gasteiger partial charge in [-0.05, 0) is 147 Å². The predicted octanol–water partition coefficient (Wildman–Crippen LogP) is 5.73. The molecular formula is C48H68Cl3N3O15. The fourth-order valence-electron chi connectivity index (χ4n) is 9.15. The number of esters is 6. The van der Waals surface area contributed by atoms with Gasteiger partial charge < -0.3 is 60.8 Å². The van der Waals surface area contributed by atoms with Gasteiger partial charge in [-0.1, -0.05) is 19.3 Å².